The first-order valence-corrected chi connectivity index (χ1v) is 7.88. The number of carbonyl (C=O) groups is 1. The van der Waals surface area contributed by atoms with E-state index in [0.29, 0.717) is 10.6 Å². The second-order valence-corrected chi connectivity index (χ2v) is 6.42. The number of rotatable bonds is 2. The number of pyridine rings is 1. The lowest BCUT2D eigenvalue weighted by atomic mass is 10.2. The first kappa shape index (κ1) is 14.0. The molecule has 0 radical (unpaired) electrons. The molecule has 1 amide bonds. The van der Waals surface area contributed by atoms with Crippen molar-refractivity contribution in [3.8, 4) is 0 Å². The monoisotopic (exact) mass is 361 g/mol. The molecule has 0 bridgehead atoms. The van der Waals surface area contributed by atoms with Gasteiger partial charge in [0.05, 0.1) is 5.69 Å². The zero-order valence-corrected chi connectivity index (χ0v) is 13.6. The molecule has 2 aromatic heterocycles. The van der Waals surface area contributed by atoms with Crippen LogP contribution in [-0.2, 0) is 0 Å². The molecule has 0 aliphatic carbocycles. The van der Waals surface area contributed by atoms with Gasteiger partial charge in [-0.3, -0.25) is 4.79 Å². The molecule has 0 unspecified atom stereocenters. The Labute approximate surface area is 134 Å². The zero-order chi connectivity index (χ0) is 15.0. The minimum atomic E-state index is -0.211. The average Bonchev–Trinajstić information content (AvgIpc) is 2.82. The van der Waals surface area contributed by atoms with Crippen LogP contribution in [0.15, 0.2) is 41.0 Å². The van der Waals surface area contributed by atoms with Gasteiger partial charge in [0.25, 0.3) is 5.91 Å². The number of nitrogen functional groups attached to an aromatic ring is 1. The molecule has 0 spiro atoms. The Kier molecular flexibility index (Phi) is 3.65. The lowest BCUT2D eigenvalue weighted by Gasteiger charge is -2.09. The van der Waals surface area contributed by atoms with Gasteiger partial charge in [-0.25, -0.2) is 4.98 Å². The van der Waals surface area contributed by atoms with Crippen LogP contribution in [0.3, 0.4) is 0 Å². The van der Waals surface area contributed by atoms with Gasteiger partial charge in [0, 0.05) is 21.7 Å². The summed E-state index contributed by atoms with van der Waals surface area (Å²) < 4.78 is 0.950. The lowest BCUT2D eigenvalue weighted by Crippen LogP contribution is -2.12. The van der Waals surface area contributed by atoms with E-state index in [0.717, 1.165) is 25.9 Å². The molecular formula is C15H12BrN3OS. The number of hydrogen-bond donors (Lipinski definition) is 2. The third-order valence-corrected chi connectivity index (χ3v) is 5.21. The number of benzene rings is 1. The molecule has 1 aromatic carbocycles. The van der Waals surface area contributed by atoms with Crippen molar-refractivity contribution in [2.45, 2.75) is 6.92 Å². The third-order valence-electron chi connectivity index (χ3n) is 3.23. The molecule has 3 aromatic rings. The first-order valence-electron chi connectivity index (χ1n) is 6.27. The van der Waals surface area contributed by atoms with Gasteiger partial charge < -0.3 is 11.1 Å². The number of anilines is 2. The molecule has 0 fully saturated rings. The van der Waals surface area contributed by atoms with Crippen molar-refractivity contribution in [2.75, 3.05) is 11.1 Å². The summed E-state index contributed by atoms with van der Waals surface area (Å²) in [4.78, 5) is 17.9. The summed E-state index contributed by atoms with van der Waals surface area (Å²) in [6.45, 7) is 1.94. The van der Waals surface area contributed by atoms with Crippen molar-refractivity contribution in [3.05, 3.63) is 51.4 Å². The van der Waals surface area contributed by atoms with E-state index in [-0.39, 0.29) is 5.91 Å². The van der Waals surface area contributed by atoms with Gasteiger partial charge in [0.15, 0.2) is 0 Å². The van der Waals surface area contributed by atoms with E-state index in [1.54, 1.807) is 6.20 Å². The van der Waals surface area contributed by atoms with Crippen molar-refractivity contribution in [1.29, 1.82) is 0 Å². The van der Waals surface area contributed by atoms with E-state index in [1.165, 1.54) is 11.3 Å². The molecule has 106 valence electrons. The Hall–Kier alpha value is -1.92. The summed E-state index contributed by atoms with van der Waals surface area (Å²) in [6, 6.07) is 9.35. The quantitative estimate of drug-likeness (QED) is 0.718. The highest BCUT2D eigenvalue weighted by Crippen LogP contribution is 2.33. The summed E-state index contributed by atoms with van der Waals surface area (Å²) >= 11 is 4.75. The standard InChI is InChI=1S/C15H12BrN3OS/c1-8-10(16)5-2-6-11(8)19-14(20)13-12(17)9-4-3-7-18-15(9)21-13/h2-7H,17H2,1H3,(H,19,20). The van der Waals surface area contributed by atoms with E-state index >= 15 is 0 Å². The number of amides is 1. The van der Waals surface area contributed by atoms with Crippen molar-refractivity contribution >= 4 is 54.8 Å². The SMILES string of the molecule is Cc1c(Br)cccc1NC(=O)c1sc2ncccc2c1N. The van der Waals surface area contributed by atoms with Gasteiger partial charge in [0.1, 0.15) is 9.71 Å². The van der Waals surface area contributed by atoms with Crippen LogP contribution in [0.5, 0.6) is 0 Å². The molecule has 0 atom stereocenters. The van der Waals surface area contributed by atoms with Gasteiger partial charge in [-0.05, 0) is 36.8 Å². The highest BCUT2D eigenvalue weighted by atomic mass is 79.9. The third kappa shape index (κ3) is 2.52. The van der Waals surface area contributed by atoms with Crippen LogP contribution in [0.1, 0.15) is 15.2 Å². The molecule has 4 nitrogen and oxygen atoms in total. The number of hydrogen-bond acceptors (Lipinski definition) is 4. The predicted molar refractivity (Wildman–Crippen MR) is 90.9 cm³/mol. The van der Waals surface area contributed by atoms with Crippen molar-refractivity contribution in [1.82, 2.24) is 4.98 Å². The zero-order valence-electron chi connectivity index (χ0n) is 11.2. The molecule has 0 aliphatic heterocycles. The number of halogens is 1. The minimum Gasteiger partial charge on any atom is -0.397 e. The van der Waals surface area contributed by atoms with Gasteiger partial charge in [-0.15, -0.1) is 11.3 Å². The highest BCUT2D eigenvalue weighted by molar-refractivity contribution is 9.10. The molecule has 3 N–H and O–H groups in total. The van der Waals surface area contributed by atoms with Crippen molar-refractivity contribution < 1.29 is 4.79 Å². The molecule has 0 saturated heterocycles. The highest BCUT2D eigenvalue weighted by Gasteiger charge is 2.17. The molecule has 21 heavy (non-hydrogen) atoms. The Balaban J connectivity index is 1.97. The van der Waals surface area contributed by atoms with Gasteiger partial charge in [0.2, 0.25) is 0 Å². The number of fused-ring (bicyclic) bond motifs is 1. The molecular weight excluding hydrogens is 350 g/mol. The topological polar surface area (TPSA) is 68.0 Å². The summed E-state index contributed by atoms with van der Waals surface area (Å²) in [7, 11) is 0. The van der Waals surface area contributed by atoms with E-state index < -0.39 is 0 Å². The van der Waals surface area contributed by atoms with Crippen molar-refractivity contribution in [2.24, 2.45) is 0 Å². The number of thiophene rings is 1. The van der Waals surface area contributed by atoms with Crippen LogP contribution < -0.4 is 11.1 Å². The lowest BCUT2D eigenvalue weighted by molar-refractivity contribution is 0.103. The van der Waals surface area contributed by atoms with E-state index in [1.807, 2.05) is 37.3 Å². The average molecular weight is 362 g/mol. The maximum absolute atomic E-state index is 12.4. The fourth-order valence-corrected chi connectivity index (χ4v) is 3.37. The minimum absolute atomic E-state index is 0.211. The van der Waals surface area contributed by atoms with Crippen LogP contribution in [0, 0.1) is 6.92 Å². The summed E-state index contributed by atoms with van der Waals surface area (Å²) in [6.07, 6.45) is 1.69. The van der Waals surface area contributed by atoms with Gasteiger partial charge in [-0.1, -0.05) is 22.0 Å². The number of nitrogens with zero attached hydrogens (tertiary/aromatic N) is 1. The van der Waals surface area contributed by atoms with Crippen LogP contribution in [-0.4, -0.2) is 10.9 Å². The van der Waals surface area contributed by atoms with E-state index in [4.69, 9.17) is 5.73 Å². The van der Waals surface area contributed by atoms with Crippen LogP contribution in [0.2, 0.25) is 0 Å². The number of nitrogens with one attached hydrogen (secondary N) is 1. The normalized spacial score (nSPS) is 10.8. The van der Waals surface area contributed by atoms with Gasteiger partial charge in [-0.2, -0.15) is 0 Å². The number of aromatic nitrogens is 1. The molecule has 6 heteroatoms. The molecule has 2 heterocycles. The van der Waals surface area contributed by atoms with Crippen LogP contribution in [0.4, 0.5) is 11.4 Å². The summed E-state index contributed by atoms with van der Waals surface area (Å²) in [5, 5.41) is 3.72. The van der Waals surface area contributed by atoms with Crippen LogP contribution >= 0.6 is 27.3 Å². The second kappa shape index (κ2) is 5.46. The van der Waals surface area contributed by atoms with E-state index in [9.17, 15) is 4.79 Å². The Morgan fingerprint density at radius 2 is 2.14 bits per heavy atom. The van der Waals surface area contributed by atoms with Crippen LogP contribution in [0.25, 0.3) is 10.2 Å². The largest absolute Gasteiger partial charge is 0.397 e. The maximum Gasteiger partial charge on any atom is 0.267 e. The first-order chi connectivity index (χ1) is 10.1. The smallest absolute Gasteiger partial charge is 0.267 e. The summed E-state index contributed by atoms with van der Waals surface area (Å²) in [5.74, 6) is -0.211. The Morgan fingerprint density at radius 3 is 2.90 bits per heavy atom. The van der Waals surface area contributed by atoms with Crippen molar-refractivity contribution in [3.63, 3.8) is 0 Å². The molecule has 0 aliphatic rings. The second-order valence-electron chi connectivity index (χ2n) is 4.57. The maximum atomic E-state index is 12.4. The number of carbonyl (C=O) groups excluding carboxylic acids is 1. The fraction of sp³-hybridized carbons (Fsp3) is 0.0667. The Morgan fingerprint density at radius 1 is 1.33 bits per heavy atom. The molecule has 0 saturated carbocycles. The van der Waals surface area contributed by atoms with Gasteiger partial charge >= 0.3 is 0 Å². The summed E-state index contributed by atoms with van der Waals surface area (Å²) in [5.41, 5.74) is 8.28. The predicted octanol–water partition coefficient (Wildman–Crippen LogP) is 4.20. The number of nitrogens with two attached hydrogens (primary N) is 1. The van der Waals surface area contributed by atoms with E-state index in [2.05, 4.69) is 26.2 Å². The molecule has 3 rings (SSSR count). The fourth-order valence-electron chi connectivity index (χ4n) is 2.04. The Bertz CT molecular complexity index is 844.